The zero-order valence-electron chi connectivity index (χ0n) is 13.8. The third kappa shape index (κ3) is 5.15. The van der Waals surface area contributed by atoms with Gasteiger partial charge in [-0.25, -0.2) is 0 Å². The second-order valence-corrected chi connectivity index (χ2v) is 7.47. The van der Waals surface area contributed by atoms with Crippen molar-refractivity contribution < 1.29 is 4.74 Å². The van der Waals surface area contributed by atoms with Crippen molar-refractivity contribution in [1.82, 2.24) is 10.2 Å². The van der Waals surface area contributed by atoms with Gasteiger partial charge in [0, 0.05) is 36.0 Å². The Morgan fingerprint density at radius 1 is 1.09 bits per heavy atom. The summed E-state index contributed by atoms with van der Waals surface area (Å²) in [5.41, 5.74) is 1.42. The van der Waals surface area contributed by atoms with Crippen LogP contribution in [0.3, 0.4) is 0 Å². The SMILES string of the molecule is COCc1ccc(CNC2CCN(Cc3ccccc3)CC2)s1. The van der Waals surface area contributed by atoms with Crippen LogP contribution < -0.4 is 5.32 Å². The van der Waals surface area contributed by atoms with Gasteiger partial charge in [0.15, 0.2) is 0 Å². The van der Waals surface area contributed by atoms with Crippen LogP contribution in [0, 0.1) is 0 Å². The van der Waals surface area contributed by atoms with E-state index in [2.05, 4.69) is 52.7 Å². The van der Waals surface area contributed by atoms with E-state index < -0.39 is 0 Å². The van der Waals surface area contributed by atoms with Crippen molar-refractivity contribution in [3.63, 3.8) is 0 Å². The van der Waals surface area contributed by atoms with E-state index in [-0.39, 0.29) is 0 Å². The maximum absolute atomic E-state index is 5.18. The summed E-state index contributed by atoms with van der Waals surface area (Å²) >= 11 is 1.85. The quantitative estimate of drug-likeness (QED) is 0.839. The molecule has 0 saturated carbocycles. The summed E-state index contributed by atoms with van der Waals surface area (Å²) in [6, 6.07) is 15.8. The van der Waals surface area contributed by atoms with Gasteiger partial charge in [-0.1, -0.05) is 30.3 Å². The van der Waals surface area contributed by atoms with E-state index in [1.807, 2.05) is 11.3 Å². The minimum atomic E-state index is 0.648. The molecule has 23 heavy (non-hydrogen) atoms. The van der Waals surface area contributed by atoms with Crippen LogP contribution in [-0.2, 0) is 24.4 Å². The number of rotatable bonds is 7. The number of methoxy groups -OCH3 is 1. The first-order valence-electron chi connectivity index (χ1n) is 8.39. The number of ether oxygens (including phenoxy) is 1. The number of nitrogens with one attached hydrogen (secondary N) is 1. The van der Waals surface area contributed by atoms with Gasteiger partial charge in [-0.05, 0) is 43.6 Å². The van der Waals surface area contributed by atoms with E-state index in [9.17, 15) is 0 Å². The molecule has 4 heteroatoms. The highest BCUT2D eigenvalue weighted by molar-refractivity contribution is 7.11. The molecule has 1 aromatic heterocycles. The standard InChI is InChI=1S/C19H26N2OS/c1-22-15-19-8-7-18(23-19)13-20-17-9-11-21(12-10-17)14-16-5-3-2-4-6-16/h2-8,17,20H,9-15H2,1H3. The molecule has 0 spiro atoms. The molecule has 3 nitrogen and oxygen atoms in total. The maximum atomic E-state index is 5.18. The Kier molecular flexibility index (Phi) is 6.22. The first-order chi connectivity index (χ1) is 11.3. The molecule has 2 aromatic rings. The van der Waals surface area contributed by atoms with Crippen molar-refractivity contribution in [2.75, 3.05) is 20.2 Å². The predicted molar refractivity (Wildman–Crippen MR) is 96.6 cm³/mol. The van der Waals surface area contributed by atoms with Crippen molar-refractivity contribution >= 4 is 11.3 Å². The Hall–Kier alpha value is -1.20. The van der Waals surface area contributed by atoms with Crippen LogP contribution in [0.15, 0.2) is 42.5 Å². The molecule has 0 radical (unpaired) electrons. The molecule has 0 bridgehead atoms. The zero-order chi connectivity index (χ0) is 15.9. The number of benzene rings is 1. The Balaban J connectivity index is 1.39. The Bertz CT molecular complexity index is 576. The molecular weight excluding hydrogens is 304 g/mol. The van der Waals surface area contributed by atoms with E-state index in [4.69, 9.17) is 4.74 Å². The molecule has 1 aliphatic heterocycles. The van der Waals surface area contributed by atoms with Crippen LogP contribution >= 0.6 is 11.3 Å². The smallest absolute Gasteiger partial charge is 0.0805 e. The van der Waals surface area contributed by atoms with E-state index in [1.54, 1.807) is 7.11 Å². The number of nitrogens with zero attached hydrogens (tertiary/aromatic N) is 1. The summed E-state index contributed by atoms with van der Waals surface area (Å²) in [5.74, 6) is 0. The van der Waals surface area contributed by atoms with Gasteiger partial charge in [-0.2, -0.15) is 0 Å². The van der Waals surface area contributed by atoms with Crippen LogP contribution in [0.1, 0.15) is 28.2 Å². The summed E-state index contributed by atoms with van der Waals surface area (Å²) in [4.78, 5) is 5.28. The topological polar surface area (TPSA) is 24.5 Å². The van der Waals surface area contributed by atoms with Gasteiger partial charge in [0.2, 0.25) is 0 Å². The average molecular weight is 330 g/mol. The van der Waals surface area contributed by atoms with Crippen molar-refractivity contribution in [3.05, 3.63) is 57.8 Å². The van der Waals surface area contributed by atoms with E-state index in [0.29, 0.717) is 6.04 Å². The second-order valence-electron chi connectivity index (χ2n) is 6.22. The van der Waals surface area contributed by atoms with E-state index in [0.717, 1.165) is 19.7 Å². The lowest BCUT2D eigenvalue weighted by atomic mass is 10.0. The monoisotopic (exact) mass is 330 g/mol. The third-order valence-electron chi connectivity index (χ3n) is 4.41. The molecule has 2 heterocycles. The molecule has 0 unspecified atom stereocenters. The summed E-state index contributed by atoms with van der Waals surface area (Å²) < 4.78 is 5.18. The molecule has 1 fully saturated rings. The summed E-state index contributed by atoms with van der Waals surface area (Å²) in [6.07, 6.45) is 2.48. The fourth-order valence-electron chi connectivity index (χ4n) is 3.12. The number of hydrogen-bond donors (Lipinski definition) is 1. The first kappa shape index (κ1) is 16.7. The summed E-state index contributed by atoms with van der Waals surface area (Å²) in [5, 5.41) is 3.72. The van der Waals surface area contributed by atoms with Crippen LogP contribution in [0.2, 0.25) is 0 Å². The van der Waals surface area contributed by atoms with Gasteiger partial charge in [-0.3, -0.25) is 4.90 Å². The van der Waals surface area contributed by atoms with Crippen molar-refractivity contribution in [3.8, 4) is 0 Å². The maximum Gasteiger partial charge on any atom is 0.0805 e. The van der Waals surface area contributed by atoms with Crippen LogP contribution in [0.4, 0.5) is 0 Å². The largest absolute Gasteiger partial charge is 0.379 e. The Morgan fingerprint density at radius 3 is 2.57 bits per heavy atom. The molecule has 1 aromatic carbocycles. The molecule has 0 aliphatic carbocycles. The predicted octanol–water partition coefficient (Wildman–Crippen LogP) is 3.65. The number of thiophene rings is 1. The van der Waals surface area contributed by atoms with Gasteiger partial charge < -0.3 is 10.1 Å². The van der Waals surface area contributed by atoms with E-state index >= 15 is 0 Å². The Morgan fingerprint density at radius 2 is 1.83 bits per heavy atom. The van der Waals surface area contributed by atoms with Gasteiger partial charge in [0.25, 0.3) is 0 Å². The lowest BCUT2D eigenvalue weighted by Gasteiger charge is -2.32. The highest BCUT2D eigenvalue weighted by atomic mass is 32.1. The fraction of sp³-hybridized carbons (Fsp3) is 0.474. The number of likely N-dealkylation sites (tertiary alicyclic amines) is 1. The van der Waals surface area contributed by atoms with Gasteiger partial charge >= 0.3 is 0 Å². The van der Waals surface area contributed by atoms with Gasteiger partial charge in [0.1, 0.15) is 0 Å². The zero-order valence-corrected chi connectivity index (χ0v) is 14.6. The third-order valence-corrected chi connectivity index (χ3v) is 5.46. The highest BCUT2D eigenvalue weighted by Crippen LogP contribution is 2.19. The second kappa shape index (κ2) is 8.60. The van der Waals surface area contributed by atoms with Crippen LogP contribution in [0.5, 0.6) is 0 Å². The molecular formula is C19H26N2OS. The van der Waals surface area contributed by atoms with Crippen LogP contribution in [-0.4, -0.2) is 31.1 Å². The highest BCUT2D eigenvalue weighted by Gasteiger charge is 2.18. The molecule has 3 rings (SSSR count). The lowest BCUT2D eigenvalue weighted by molar-refractivity contribution is 0.187. The van der Waals surface area contributed by atoms with Crippen molar-refractivity contribution in [2.45, 2.75) is 38.6 Å². The van der Waals surface area contributed by atoms with Crippen molar-refractivity contribution in [1.29, 1.82) is 0 Å². The normalized spacial score (nSPS) is 16.7. The Labute approximate surface area is 143 Å². The lowest BCUT2D eigenvalue weighted by Crippen LogP contribution is -2.41. The van der Waals surface area contributed by atoms with Crippen molar-refractivity contribution in [2.24, 2.45) is 0 Å². The minimum Gasteiger partial charge on any atom is -0.379 e. The van der Waals surface area contributed by atoms with E-state index in [1.165, 1.54) is 41.2 Å². The molecule has 124 valence electrons. The molecule has 0 amide bonds. The fourth-order valence-corrected chi connectivity index (χ4v) is 4.06. The summed E-state index contributed by atoms with van der Waals surface area (Å²) in [6.45, 7) is 5.16. The van der Waals surface area contributed by atoms with Crippen LogP contribution in [0.25, 0.3) is 0 Å². The molecule has 1 saturated heterocycles. The van der Waals surface area contributed by atoms with Gasteiger partial charge in [-0.15, -0.1) is 11.3 Å². The molecule has 0 atom stereocenters. The molecule has 1 aliphatic rings. The number of piperidine rings is 1. The molecule has 1 N–H and O–H groups in total. The van der Waals surface area contributed by atoms with Gasteiger partial charge in [0.05, 0.1) is 6.61 Å². The number of hydrogen-bond acceptors (Lipinski definition) is 4. The first-order valence-corrected chi connectivity index (χ1v) is 9.21. The minimum absolute atomic E-state index is 0.648. The summed E-state index contributed by atoms with van der Waals surface area (Å²) in [7, 11) is 1.75. The average Bonchev–Trinajstić information content (AvgIpc) is 3.03.